The topological polar surface area (TPSA) is 23.8 Å². The Morgan fingerprint density at radius 1 is 1.12 bits per heavy atom. The van der Waals surface area contributed by atoms with Gasteiger partial charge in [0, 0.05) is 0 Å². The summed E-state index contributed by atoms with van der Waals surface area (Å²) in [6.45, 7) is 6.50. The highest BCUT2D eigenvalue weighted by atomic mass is 14.2. The number of aryl methyl sites for hydroxylation is 2. The fourth-order valence-electron chi connectivity index (χ4n) is 2.30. The third kappa shape index (κ3) is 3.89. The molecule has 0 amide bonds. The molecule has 1 nitrogen and oxygen atoms in total. The van der Waals surface area contributed by atoms with Crippen molar-refractivity contribution in [1.82, 2.24) is 0 Å². The molecule has 1 aromatic carbocycles. The lowest BCUT2D eigenvalue weighted by atomic mass is 9.93. The molecule has 0 saturated carbocycles. The van der Waals surface area contributed by atoms with Gasteiger partial charge in [0.1, 0.15) is 0 Å². The molecule has 0 radical (unpaired) electrons. The first kappa shape index (κ1) is 13.8. The van der Waals surface area contributed by atoms with Crippen molar-refractivity contribution in [3.05, 3.63) is 34.4 Å². The smallest absolute Gasteiger partial charge is 0.0669 e. The van der Waals surface area contributed by atoms with Crippen LogP contribution in [0.3, 0.4) is 0 Å². The minimum absolute atomic E-state index is 0.542. The molecule has 0 bridgehead atoms. The lowest BCUT2D eigenvalue weighted by Crippen LogP contribution is -1.98. The van der Waals surface area contributed by atoms with Crippen LogP contribution in [0.5, 0.6) is 0 Å². The van der Waals surface area contributed by atoms with E-state index in [0.717, 1.165) is 6.42 Å². The Labute approximate surface area is 105 Å². The van der Waals surface area contributed by atoms with E-state index < -0.39 is 0 Å². The highest BCUT2D eigenvalue weighted by Gasteiger charge is 2.06. The SMILES string of the molecule is CCCCCCc1ccc(C)c(CC#N)c1C. The normalized spacial score (nSPS) is 10.2. The van der Waals surface area contributed by atoms with Gasteiger partial charge in [-0.3, -0.25) is 0 Å². The summed E-state index contributed by atoms with van der Waals surface area (Å²) in [7, 11) is 0. The summed E-state index contributed by atoms with van der Waals surface area (Å²) in [5.41, 5.74) is 5.25. The zero-order chi connectivity index (χ0) is 12.7. The Bertz CT molecular complexity index is 399. The lowest BCUT2D eigenvalue weighted by Gasteiger charge is -2.12. The molecule has 0 aliphatic rings. The fourth-order valence-corrected chi connectivity index (χ4v) is 2.30. The standard InChI is InChI=1S/C16H23N/c1-4-5-6-7-8-15-10-9-13(2)16(11-12-17)14(15)3/h9-10H,4-8,11H2,1-3H3. The first-order valence-corrected chi connectivity index (χ1v) is 6.65. The Kier molecular flexibility index (Phi) is 5.77. The van der Waals surface area contributed by atoms with Gasteiger partial charge >= 0.3 is 0 Å². The van der Waals surface area contributed by atoms with Crippen LogP contribution in [-0.4, -0.2) is 0 Å². The van der Waals surface area contributed by atoms with E-state index in [1.54, 1.807) is 0 Å². The van der Waals surface area contributed by atoms with Crippen molar-refractivity contribution in [1.29, 1.82) is 5.26 Å². The molecule has 0 unspecified atom stereocenters. The van der Waals surface area contributed by atoms with E-state index in [-0.39, 0.29) is 0 Å². The van der Waals surface area contributed by atoms with Gasteiger partial charge in [0.05, 0.1) is 12.5 Å². The molecule has 0 aliphatic heterocycles. The molecule has 0 spiro atoms. The van der Waals surface area contributed by atoms with Crippen LogP contribution in [0.1, 0.15) is 54.9 Å². The molecular formula is C16H23N. The van der Waals surface area contributed by atoms with E-state index in [2.05, 4.69) is 39.0 Å². The van der Waals surface area contributed by atoms with Crippen molar-refractivity contribution in [2.75, 3.05) is 0 Å². The van der Waals surface area contributed by atoms with Crippen LogP contribution in [0.15, 0.2) is 12.1 Å². The van der Waals surface area contributed by atoms with Gasteiger partial charge in [-0.1, -0.05) is 38.3 Å². The fraction of sp³-hybridized carbons (Fsp3) is 0.562. The average Bonchev–Trinajstić information content (AvgIpc) is 2.32. The van der Waals surface area contributed by atoms with Crippen molar-refractivity contribution in [3.63, 3.8) is 0 Å². The third-order valence-electron chi connectivity index (χ3n) is 3.50. The van der Waals surface area contributed by atoms with Crippen LogP contribution in [0, 0.1) is 25.2 Å². The zero-order valence-electron chi connectivity index (χ0n) is 11.3. The molecule has 0 heterocycles. The maximum atomic E-state index is 8.86. The molecule has 0 saturated heterocycles. The van der Waals surface area contributed by atoms with Crippen molar-refractivity contribution >= 4 is 0 Å². The summed E-state index contributed by atoms with van der Waals surface area (Å²) < 4.78 is 0. The van der Waals surface area contributed by atoms with E-state index in [1.165, 1.54) is 47.9 Å². The van der Waals surface area contributed by atoms with Crippen LogP contribution in [-0.2, 0) is 12.8 Å². The predicted molar refractivity (Wildman–Crippen MR) is 73.1 cm³/mol. The second-order valence-corrected chi connectivity index (χ2v) is 4.79. The highest BCUT2D eigenvalue weighted by Crippen LogP contribution is 2.20. The molecule has 0 N–H and O–H groups in total. The monoisotopic (exact) mass is 229 g/mol. The Hall–Kier alpha value is -1.29. The van der Waals surface area contributed by atoms with Crippen molar-refractivity contribution in [2.24, 2.45) is 0 Å². The van der Waals surface area contributed by atoms with Gasteiger partial charge in [0.25, 0.3) is 0 Å². The van der Waals surface area contributed by atoms with Crippen molar-refractivity contribution in [2.45, 2.75) is 59.3 Å². The minimum Gasteiger partial charge on any atom is -0.198 e. The number of unbranched alkanes of at least 4 members (excludes halogenated alkanes) is 3. The second-order valence-electron chi connectivity index (χ2n) is 4.79. The lowest BCUT2D eigenvalue weighted by molar-refractivity contribution is 0.665. The van der Waals surface area contributed by atoms with Crippen LogP contribution in [0.4, 0.5) is 0 Å². The third-order valence-corrected chi connectivity index (χ3v) is 3.50. The molecule has 1 heteroatoms. The van der Waals surface area contributed by atoms with Crippen LogP contribution in [0.25, 0.3) is 0 Å². The maximum Gasteiger partial charge on any atom is 0.0669 e. The van der Waals surface area contributed by atoms with Gasteiger partial charge in [-0.15, -0.1) is 0 Å². The van der Waals surface area contributed by atoms with Gasteiger partial charge in [-0.05, 0) is 48.9 Å². The Morgan fingerprint density at radius 3 is 2.53 bits per heavy atom. The Balaban J connectivity index is 2.73. The molecular weight excluding hydrogens is 206 g/mol. The summed E-state index contributed by atoms with van der Waals surface area (Å²) in [4.78, 5) is 0. The molecule has 0 atom stereocenters. The molecule has 92 valence electrons. The number of nitrogens with zero attached hydrogens (tertiary/aromatic N) is 1. The van der Waals surface area contributed by atoms with Crippen LogP contribution >= 0.6 is 0 Å². The second kappa shape index (κ2) is 7.12. The number of hydrogen-bond acceptors (Lipinski definition) is 1. The zero-order valence-corrected chi connectivity index (χ0v) is 11.3. The first-order valence-electron chi connectivity index (χ1n) is 6.65. The van der Waals surface area contributed by atoms with E-state index in [4.69, 9.17) is 5.26 Å². The summed E-state index contributed by atoms with van der Waals surface area (Å²) >= 11 is 0. The van der Waals surface area contributed by atoms with Crippen molar-refractivity contribution < 1.29 is 0 Å². The number of hydrogen-bond donors (Lipinski definition) is 0. The quantitative estimate of drug-likeness (QED) is 0.659. The van der Waals surface area contributed by atoms with Gasteiger partial charge in [-0.2, -0.15) is 5.26 Å². The average molecular weight is 229 g/mol. The van der Waals surface area contributed by atoms with Crippen LogP contribution < -0.4 is 0 Å². The predicted octanol–water partition coefficient (Wildman–Crippen LogP) is 4.49. The molecule has 1 rings (SSSR count). The van der Waals surface area contributed by atoms with Crippen molar-refractivity contribution in [3.8, 4) is 6.07 Å². The number of nitriles is 1. The number of benzene rings is 1. The number of rotatable bonds is 6. The molecule has 17 heavy (non-hydrogen) atoms. The summed E-state index contributed by atoms with van der Waals surface area (Å²) in [5.74, 6) is 0. The first-order chi connectivity index (χ1) is 8.20. The highest BCUT2D eigenvalue weighted by molar-refractivity contribution is 5.41. The summed E-state index contributed by atoms with van der Waals surface area (Å²) in [5, 5.41) is 8.86. The molecule has 0 fully saturated rings. The molecule has 0 aliphatic carbocycles. The summed E-state index contributed by atoms with van der Waals surface area (Å²) in [6, 6.07) is 6.66. The van der Waals surface area contributed by atoms with Gasteiger partial charge < -0.3 is 0 Å². The summed E-state index contributed by atoms with van der Waals surface area (Å²) in [6.07, 6.45) is 6.90. The van der Waals surface area contributed by atoms with Gasteiger partial charge in [-0.25, -0.2) is 0 Å². The largest absolute Gasteiger partial charge is 0.198 e. The van der Waals surface area contributed by atoms with E-state index >= 15 is 0 Å². The molecule has 0 aromatic heterocycles. The van der Waals surface area contributed by atoms with Gasteiger partial charge in [0.2, 0.25) is 0 Å². The van der Waals surface area contributed by atoms with E-state index in [0.29, 0.717) is 6.42 Å². The van der Waals surface area contributed by atoms with Gasteiger partial charge in [0.15, 0.2) is 0 Å². The maximum absolute atomic E-state index is 8.86. The molecule has 1 aromatic rings. The minimum atomic E-state index is 0.542. The Morgan fingerprint density at radius 2 is 1.88 bits per heavy atom. The van der Waals surface area contributed by atoms with Crippen LogP contribution in [0.2, 0.25) is 0 Å². The van der Waals surface area contributed by atoms with E-state index in [1.807, 2.05) is 0 Å². The van der Waals surface area contributed by atoms with E-state index in [9.17, 15) is 0 Å².